The van der Waals surface area contributed by atoms with Gasteiger partial charge in [0.05, 0.1) is 11.4 Å². The summed E-state index contributed by atoms with van der Waals surface area (Å²) < 4.78 is -0.126. The summed E-state index contributed by atoms with van der Waals surface area (Å²) in [4.78, 5) is 28.4. The summed E-state index contributed by atoms with van der Waals surface area (Å²) in [6.07, 6.45) is 2.66. The van der Waals surface area contributed by atoms with E-state index in [2.05, 4.69) is 10.6 Å². The number of nitrogens with zero attached hydrogens (tertiary/aromatic N) is 2. The molecule has 1 aromatic carbocycles. The second kappa shape index (κ2) is 10.6. The lowest BCUT2D eigenvalue weighted by Gasteiger charge is -2.34. The summed E-state index contributed by atoms with van der Waals surface area (Å²) in [7, 11) is 0. The van der Waals surface area contributed by atoms with Gasteiger partial charge in [0.2, 0.25) is 0 Å². The molecule has 1 rings (SSSR count). The molecule has 0 fully saturated rings. The number of anilines is 2. The monoisotopic (exact) mass is 494 g/mol. The molecule has 0 spiro atoms. The van der Waals surface area contributed by atoms with E-state index in [-0.39, 0.29) is 8.98 Å². The van der Waals surface area contributed by atoms with Crippen molar-refractivity contribution in [1.82, 2.24) is 9.80 Å². The van der Waals surface area contributed by atoms with Crippen molar-refractivity contribution in [3.8, 4) is 0 Å². The summed E-state index contributed by atoms with van der Waals surface area (Å²) >= 11 is 23.0. The summed E-state index contributed by atoms with van der Waals surface area (Å²) in [5.41, 5.74) is -0.414. The molecule has 0 atom stereocenters. The van der Waals surface area contributed by atoms with Crippen LogP contribution in [0, 0.1) is 0 Å². The Labute approximate surface area is 197 Å². The van der Waals surface area contributed by atoms with Gasteiger partial charge in [0, 0.05) is 23.5 Å². The first-order valence-corrected chi connectivity index (χ1v) is 10.5. The van der Waals surface area contributed by atoms with Crippen molar-refractivity contribution >= 4 is 69.8 Å². The van der Waals surface area contributed by atoms with Gasteiger partial charge in [-0.25, -0.2) is 9.59 Å². The van der Waals surface area contributed by atoms with Crippen LogP contribution >= 0.6 is 46.4 Å². The highest BCUT2D eigenvalue weighted by Gasteiger charge is 2.28. The normalized spacial score (nSPS) is 11.3. The number of carbonyl (C=O) groups is 2. The molecule has 4 amide bonds. The lowest BCUT2D eigenvalue weighted by molar-refractivity contribution is 0.190. The van der Waals surface area contributed by atoms with E-state index in [0.717, 1.165) is 0 Å². The molecule has 0 aliphatic rings. The van der Waals surface area contributed by atoms with Crippen molar-refractivity contribution in [3.05, 3.63) is 45.6 Å². The minimum atomic E-state index is -0.595. The number of hydrogen-bond acceptors (Lipinski definition) is 2. The van der Waals surface area contributed by atoms with E-state index in [0.29, 0.717) is 11.4 Å². The average molecular weight is 496 g/mol. The van der Waals surface area contributed by atoms with E-state index in [1.165, 1.54) is 22.2 Å². The molecule has 0 aromatic heterocycles. The van der Waals surface area contributed by atoms with Gasteiger partial charge in [-0.1, -0.05) is 58.5 Å². The van der Waals surface area contributed by atoms with Gasteiger partial charge in [-0.15, -0.1) is 0 Å². The van der Waals surface area contributed by atoms with Gasteiger partial charge in [0.25, 0.3) is 0 Å². The van der Waals surface area contributed by atoms with Gasteiger partial charge in [-0.3, -0.25) is 9.80 Å². The van der Waals surface area contributed by atoms with Gasteiger partial charge < -0.3 is 10.6 Å². The molecule has 166 valence electrons. The number of carbonyl (C=O) groups excluding carboxylic acids is 2. The summed E-state index contributed by atoms with van der Waals surface area (Å²) in [5, 5.41) is 5.54. The standard InChI is InChI=1S/C20H26Cl4N4O2/c1-19(2,3)27(11-15(21)22)17(29)25-13-9-7-8-10-14(13)26-18(30)28(12-16(23)24)20(4,5)6/h7-12H,1-6H3,(H,25,29)(H,26,30). The Bertz CT molecular complexity index is 765. The van der Waals surface area contributed by atoms with Crippen LogP contribution in [-0.2, 0) is 0 Å². The van der Waals surface area contributed by atoms with E-state index in [9.17, 15) is 9.59 Å². The van der Waals surface area contributed by atoms with Gasteiger partial charge in [-0.2, -0.15) is 0 Å². The number of amides is 4. The molecule has 0 saturated heterocycles. The van der Waals surface area contributed by atoms with E-state index in [4.69, 9.17) is 46.4 Å². The molecule has 0 bridgehead atoms. The predicted octanol–water partition coefficient (Wildman–Crippen LogP) is 7.50. The molecule has 0 radical (unpaired) electrons. The maximum atomic E-state index is 12.9. The summed E-state index contributed by atoms with van der Waals surface area (Å²) in [5.74, 6) is 0. The molecule has 2 N–H and O–H groups in total. The fourth-order valence-electron chi connectivity index (χ4n) is 2.36. The molecule has 10 heteroatoms. The van der Waals surface area contributed by atoms with E-state index in [1.54, 1.807) is 24.3 Å². The van der Waals surface area contributed by atoms with Gasteiger partial charge >= 0.3 is 12.1 Å². The van der Waals surface area contributed by atoms with Crippen LogP contribution in [0.1, 0.15) is 41.5 Å². The zero-order valence-electron chi connectivity index (χ0n) is 17.7. The first-order valence-electron chi connectivity index (χ1n) is 8.98. The van der Waals surface area contributed by atoms with Gasteiger partial charge in [-0.05, 0) is 53.7 Å². The van der Waals surface area contributed by atoms with Crippen LogP contribution in [0.3, 0.4) is 0 Å². The number of rotatable bonds is 4. The van der Waals surface area contributed by atoms with Crippen LogP contribution in [0.15, 0.2) is 45.6 Å². The zero-order chi connectivity index (χ0) is 23.3. The number of hydrogen-bond donors (Lipinski definition) is 2. The molecule has 0 unspecified atom stereocenters. The second-order valence-electron chi connectivity index (χ2n) is 8.33. The van der Waals surface area contributed by atoms with E-state index >= 15 is 0 Å². The Morgan fingerprint density at radius 2 is 1.03 bits per heavy atom. The van der Waals surface area contributed by atoms with E-state index < -0.39 is 23.1 Å². The van der Waals surface area contributed by atoms with Gasteiger partial charge in [0.15, 0.2) is 0 Å². The Hall–Kier alpha value is -1.60. The lowest BCUT2D eigenvalue weighted by atomic mass is 10.1. The first kappa shape index (κ1) is 26.4. The Kier molecular flexibility index (Phi) is 9.36. The third kappa shape index (κ3) is 8.26. The third-order valence-electron chi connectivity index (χ3n) is 3.75. The highest BCUT2D eigenvalue weighted by molar-refractivity contribution is 6.56. The SMILES string of the molecule is CC(C)(C)N(C=C(Cl)Cl)C(=O)Nc1ccccc1NC(=O)N(C=C(Cl)Cl)C(C)(C)C. The highest BCUT2D eigenvalue weighted by atomic mass is 35.5. The number of benzene rings is 1. The fourth-order valence-corrected chi connectivity index (χ4v) is 2.75. The van der Waals surface area contributed by atoms with Crippen LogP contribution in [0.4, 0.5) is 21.0 Å². The zero-order valence-corrected chi connectivity index (χ0v) is 20.7. The molecule has 0 saturated carbocycles. The first-order chi connectivity index (χ1) is 13.6. The van der Waals surface area contributed by atoms with Crippen molar-refractivity contribution in [1.29, 1.82) is 0 Å². The maximum absolute atomic E-state index is 12.9. The molecular weight excluding hydrogens is 470 g/mol. The predicted molar refractivity (Wildman–Crippen MR) is 127 cm³/mol. The highest BCUT2D eigenvalue weighted by Crippen LogP contribution is 2.26. The number of urea groups is 2. The van der Waals surface area contributed by atoms with Crippen LogP contribution < -0.4 is 10.6 Å². The number of halogens is 4. The van der Waals surface area contributed by atoms with E-state index in [1.807, 2.05) is 41.5 Å². The lowest BCUT2D eigenvalue weighted by Crippen LogP contribution is -2.45. The minimum Gasteiger partial charge on any atom is -0.306 e. The van der Waals surface area contributed by atoms with Gasteiger partial charge in [0.1, 0.15) is 8.98 Å². The van der Waals surface area contributed by atoms with Crippen molar-refractivity contribution in [3.63, 3.8) is 0 Å². The molecule has 30 heavy (non-hydrogen) atoms. The molecule has 1 aromatic rings. The molecule has 0 aliphatic carbocycles. The molecule has 0 heterocycles. The quantitative estimate of drug-likeness (QED) is 0.453. The van der Waals surface area contributed by atoms with Crippen LogP contribution in [-0.4, -0.2) is 32.9 Å². The summed E-state index contributed by atoms with van der Waals surface area (Å²) in [6.45, 7) is 11.0. The maximum Gasteiger partial charge on any atom is 0.326 e. The Morgan fingerprint density at radius 3 is 1.27 bits per heavy atom. The van der Waals surface area contributed by atoms with Crippen LogP contribution in [0.2, 0.25) is 0 Å². The van der Waals surface area contributed by atoms with Crippen molar-refractivity contribution in [2.75, 3.05) is 10.6 Å². The minimum absolute atomic E-state index is 0.0628. The molecule has 6 nitrogen and oxygen atoms in total. The average Bonchev–Trinajstić information content (AvgIpc) is 2.56. The second-order valence-corrected chi connectivity index (χ2v) is 10.3. The Balaban J connectivity index is 3.19. The fraction of sp³-hybridized carbons (Fsp3) is 0.400. The summed E-state index contributed by atoms with van der Waals surface area (Å²) in [6, 6.07) is 5.83. The smallest absolute Gasteiger partial charge is 0.306 e. The number of nitrogens with one attached hydrogen (secondary N) is 2. The van der Waals surface area contributed by atoms with Crippen molar-refractivity contribution < 1.29 is 9.59 Å². The molecule has 0 aliphatic heterocycles. The largest absolute Gasteiger partial charge is 0.326 e. The molecular formula is C20H26Cl4N4O2. The van der Waals surface area contributed by atoms with Crippen molar-refractivity contribution in [2.24, 2.45) is 0 Å². The Morgan fingerprint density at radius 1 is 0.733 bits per heavy atom. The van der Waals surface area contributed by atoms with Crippen LogP contribution in [0.5, 0.6) is 0 Å². The van der Waals surface area contributed by atoms with Crippen LogP contribution in [0.25, 0.3) is 0 Å². The topological polar surface area (TPSA) is 64.7 Å². The van der Waals surface area contributed by atoms with Crippen molar-refractivity contribution in [2.45, 2.75) is 52.6 Å². The third-order valence-corrected chi connectivity index (χ3v) is 4.14. The number of para-hydroxylation sites is 2.